The summed E-state index contributed by atoms with van der Waals surface area (Å²) in [6.45, 7) is 5.47. The molecule has 2 aromatic heterocycles. The van der Waals surface area contributed by atoms with Gasteiger partial charge in [0.05, 0.1) is 0 Å². The van der Waals surface area contributed by atoms with E-state index >= 15 is 0 Å². The van der Waals surface area contributed by atoms with E-state index in [2.05, 4.69) is 30.6 Å². The Morgan fingerprint density at radius 3 is 3.09 bits per heavy atom. The maximum atomic E-state index is 11.8. The minimum absolute atomic E-state index is 0.237. The van der Waals surface area contributed by atoms with Crippen molar-refractivity contribution in [2.45, 2.75) is 45.6 Å². The number of nitrogens with one attached hydrogen (secondary N) is 2. The molecular formula is C14H20N6O2. The average molecular weight is 304 g/mol. The Kier molecular flexibility index (Phi) is 4.08. The molecule has 3 rings (SSSR count). The molecule has 118 valence electrons. The van der Waals surface area contributed by atoms with Crippen LogP contribution in [0.15, 0.2) is 10.6 Å². The molecule has 0 fully saturated rings. The number of amides is 2. The number of rotatable bonds is 5. The number of carbonyl (C=O) groups is 1. The van der Waals surface area contributed by atoms with Crippen molar-refractivity contribution in [3.8, 4) is 0 Å². The molecule has 2 N–H and O–H groups in total. The minimum atomic E-state index is -0.301. The van der Waals surface area contributed by atoms with Gasteiger partial charge in [-0.15, -0.1) is 10.2 Å². The summed E-state index contributed by atoms with van der Waals surface area (Å²) in [6.07, 6.45) is 2.78. The Morgan fingerprint density at radius 2 is 2.32 bits per heavy atom. The largest absolute Gasteiger partial charge is 0.359 e. The number of anilines is 1. The van der Waals surface area contributed by atoms with Crippen LogP contribution in [0.2, 0.25) is 0 Å². The van der Waals surface area contributed by atoms with E-state index in [-0.39, 0.29) is 11.9 Å². The van der Waals surface area contributed by atoms with Gasteiger partial charge in [-0.1, -0.05) is 19.0 Å². The van der Waals surface area contributed by atoms with E-state index in [1.54, 1.807) is 6.07 Å². The van der Waals surface area contributed by atoms with Gasteiger partial charge in [0.2, 0.25) is 0 Å². The van der Waals surface area contributed by atoms with Crippen molar-refractivity contribution in [1.29, 1.82) is 0 Å². The highest BCUT2D eigenvalue weighted by Crippen LogP contribution is 2.17. The van der Waals surface area contributed by atoms with Crippen LogP contribution in [-0.4, -0.2) is 32.5 Å². The number of fused-ring (bicyclic) bond motifs is 1. The lowest BCUT2D eigenvalue weighted by molar-refractivity contribution is 0.252. The maximum Gasteiger partial charge on any atom is 0.320 e. The van der Waals surface area contributed by atoms with Crippen LogP contribution in [0, 0.1) is 0 Å². The lowest BCUT2D eigenvalue weighted by Crippen LogP contribution is -2.31. The van der Waals surface area contributed by atoms with Crippen molar-refractivity contribution in [3.63, 3.8) is 0 Å². The summed E-state index contributed by atoms with van der Waals surface area (Å²) in [5.41, 5.74) is 0. The van der Waals surface area contributed by atoms with Gasteiger partial charge in [-0.25, -0.2) is 4.79 Å². The van der Waals surface area contributed by atoms with Crippen LogP contribution in [0.4, 0.5) is 10.6 Å². The molecule has 3 heterocycles. The van der Waals surface area contributed by atoms with E-state index in [1.807, 2.05) is 13.8 Å². The Bertz CT molecular complexity index is 660. The lowest BCUT2D eigenvalue weighted by Gasteiger charge is -2.05. The molecule has 2 aromatic rings. The monoisotopic (exact) mass is 304 g/mol. The second-order valence-electron chi connectivity index (χ2n) is 5.69. The second kappa shape index (κ2) is 6.17. The van der Waals surface area contributed by atoms with E-state index in [1.165, 1.54) is 0 Å². The third-order valence-electron chi connectivity index (χ3n) is 3.66. The Labute approximate surface area is 128 Å². The van der Waals surface area contributed by atoms with E-state index in [0.717, 1.165) is 36.8 Å². The van der Waals surface area contributed by atoms with Gasteiger partial charge in [-0.3, -0.25) is 5.32 Å². The number of aromatic nitrogens is 4. The summed E-state index contributed by atoms with van der Waals surface area (Å²) >= 11 is 0. The Balaban J connectivity index is 1.46. The van der Waals surface area contributed by atoms with Gasteiger partial charge in [0.1, 0.15) is 17.4 Å². The molecule has 8 heteroatoms. The number of aryl methyl sites for hydroxylation is 1. The van der Waals surface area contributed by atoms with Crippen molar-refractivity contribution in [2.75, 3.05) is 11.9 Å². The van der Waals surface area contributed by atoms with Crippen LogP contribution < -0.4 is 10.6 Å². The summed E-state index contributed by atoms with van der Waals surface area (Å²) in [7, 11) is 0. The molecule has 0 unspecified atom stereocenters. The molecule has 2 amide bonds. The third-order valence-corrected chi connectivity index (χ3v) is 3.66. The normalized spacial score (nSPS) is 13.4. The Hall–Kier alpha value is -2.38. The smallest absolute Gasteiger partial charge is 0.320 e. The van der Waals surface area contributed by atoms with Crippen molar-refractivity contribution in [1.82, 2.24) is 25.2 Å². The fraction of sp³-hybridized carbons (Fsp3) is 0.571. The summed E-state index contributed by atoms with van der Waals surface area (Å²) in [6, 6.07) is 1.43. The number of hydrogen-bond acceptors (Lipinski definition) is 5. The van der Waals surface area contributed by atoms with Gasteiger partial charge >= 0.3 is 6.03 Å². The topological polar surface area (TPSA) is 97.9 Å². The Morgan fingerprint density at radius 1 is 1.45 bits per heavy atom. The molecule has 0 aromatic carbocycles. The molecule has 0 saturated carbocycles. The zero-order chi connectivity index (χ0) is 15.5. The summed E-state index contributed by atoms with van der Waals surface area (Å²) in [5.74, 6) is 3.37. The molecule has 0 saturated heterocycles. The molecule has 0 radical (unpaired) electrons. The van der Waals surface area contributed by atoms with Gasteiger partial charge in [-0.2, -0.15) is 0 Å². The van der Waals surface area contributed by atoms with E-state index in [9.17, 15) is 4.79 Å². The highest BCUT2D eigenvalue weighted by atomic mass is 16.5. The summed E-state index contributed by atoms with van der Waals surface area (Å²) in [5, 5.41) is 17.5. The molecule has 0 atom stereocenters. The van der Waals surface area contributed by atoms with Crippen LogP contribution >= 0.6 is 0 Å². The minimum Gasteiger partial charge on any atom is -0.359 e. The van der Waals surface area contributed by atoms with Crippen LogP contribution in [0.3, 0.4) is 0 Å². The first-order valence-corrected chi connectivity index (χ1v) is 7.56. The number of urea groups is 1. The summed E-state index contributed by atoms with van der Waals surface area (Å²) in [4.78, 5) is 11.8. The molecule has 8 nitrogen and oxygen atoms in total. The number of hydrogen-bond donors (Lipinski definition) is 2. The molecule has 0 bridgehead atoms. The first-order chi connectivity index (χ1) is 10.6. The first kappa shape index (κ1) is 14.6. The van der Waals surface area contributed by atoms with Crippen molar-refractivity contribution in [3.05, 3.63) is 23.5 Å². The van der Waals surface area contributed by atoms with Gasteiger partial charge in [0, 0.05) is 37.9 Å². The van der Waals surface area contributed by atoms with Gasteiger partial charge in [0.15, 0.2) is 5.82 Å². The average Bonchev–Trinajstić information content (AvgIpc) is 3.16. The maximum absolute atomic E-state index is 11.8. The summed E-state index contributed by atoms with van der Waals surface area (Å²) < 4.78 is 7.26. The second-order valence-corrected chi connectivity index (χ2v) is 5.69. The van der Waals surface area contributed by atoms with Crippen molar-refractivity contribution < 1.29 is 9.32 Å². The first-order valence-electron chi connectivity index (χ1n) is 7.56. The predicted octanol–water partition coefficient (Wildman–Crippen LogP) is 1.70. The SMILES string of the molecule is CC(C)c1cc(NC(=O)NCCc2nnc3n2CCC3)no1. The fourth-order valence-electron chi connectivity index (χ4n) is 2.46. The van der Waals surface area contributed by atoms with Crippen LogP contribution in [0.25, 0.3) is 0 Å². The van der Waals surface area contributed by atoms with Gasteiger partial charge in [0.25, 0.3) is 0 Å². The molecule has 22 heavy (non-hydrogen) atoms. The molecule has 0 aliphatic carbocycles. The van der Waals surface area contributed by atoms with Crippen molar-refractivity contribution >= 4 is 11.8 Å². The lowest BCUT2D eigenvalue weighted by atomic mass is 10.2. The number of carbonyl (C=O) groups excluding carboxylic acids is 1. The predicted molar refractivity (Wildman–Crippen MR) is 79.7 cm³/mol. The molecule has 1 aliphatic rings. The standard InChI is InChI=1S/C14H20N6O2/c1-9(2)10-8-11(19-22-10)16-14(21)15-6-5-13-18-17-12-4-3-7-20(12)13/h8-9H,3-7H2,1-2H3,(H2,15,16,19,21). The van der Waals surface area contributed by atoms with E-state index < -0.39 is 0 Å². The zero-order valence-corrected chi connectivity index (χ0v) is 12.8. The molecule has 0 spiro atoms. The highest BCUT2D eigenvalue weighted by molar-refractivity contribution is 5.88. The van der Waals surface area contributed by atoms with E-state index in [4.69, 9.17) is 4.52 Å². The molecular weight excluding hydrogens is 284 g/mol. The van der Waals surface area contributed by atoms with Gasteiger partial charge < -0.3 is 14.4 Å². The van der Waals surface area contributed by atoms with Crippen LogP contribution in [-0.2, 0) is 19.4 Å². The zero-order valence-electron chi connectivity index (χ0n) is 12.8. The third kappa shape index (κ3) is 3.10. The van der Waals surface area contributed by atoms with Crippen LogP contribution in [0.1, 0.15) is 43.6 Å². The van der Waals surface area contributed by atoms with Crippen LogP contribution in [0.5, 0.6) is 0 Å². The van der Waals surface area contributed by atoms with Crippen molar-refractivity contribution in [2.24, 2.45) is 0 Å². The quantitative estimate of drug-likeness (QED) is 0.876. The van der Waals surface area contributed by atoms with E-state index in [0.29, 0.717) is 18.8 Å². The highest BCUT2D eigenvalue weighted by Gasteiger charge is 2.17. The van der Waals surface area contributed by atoms with Gasteiger partial charge in [-0.05, 0) is 6.42 Å². The fourth-order valence-corrected chi connectivity index (χ4v) is 2.46. The molecule has 1 aliphatic heterocycles. The number of nitrogens with zero attached hydrogens (tertiary/aromatic N) is 4.